The molecule has 0 bridgehead atoms. The first-order valence-corrected chi connectivity index (χ1v) is 11.7. The predicted octanol–water partition coefficient (Wildman–Crippen LogP) is 4.40. The summed E-state index contributed by atoms with van der Waals surface area (Å²) >= 11 is 0. The van der Waals surface area contributed by atoms with Crippen LogP contribution in [0.15, 0.2) is 40.8 Å². The summed E-state index contributed by atoms with van der Waals surface area (Å²) in [7, 11) is 0. The van der Waals surface area contributed by atoms with E-state index in [9.17, 15) is 4.79 Å². The maximum absolute atomic E-state index is 13.2. The van der Waals surface area contributed by atoms with Crippen LogP contribution in [0, 0.1) is 6.92 Å². The zero-order valence-electron chi connectivity index (χ0n) is 18.1. The molecule has 4 heteroatoms. The number of rotatable bonds is 4. The van der Waals surface area contributed by atoms with Crippen molar-refractivity contribution in [3.8, 4) is 0 Å². The molecule has 1 amide bonds. The highest BCUT2D eigenvalue weighted by Crippen LogP contribution is 2.32. The van der Waals surface area contributed by atoms with E-state index in [1.54, 1.807) is 4.90 Å². The van der Waals surface area contributed by atoms with Crippen LogP contribution in [0.4, 0.5) is 0 Å². The zero-order valence-corrected chi connectivity index (χ0v) is 18.1. The molecule has 1 aliphatic heterocycles. The molecular formula is C26H33N2O2+. The van der Waals surface area contributed by atoms with Gasteiger partial charge in [-0.2, -0.15) is 0 Å². The molecule has 3 aromatic rings. The van der Waals surface area contributed by atoms with Crippen molar-refractivity contribution in [2.75, 3.05) is 19.6 Å². The monoisotopic (exact) mass is 405 g/mol. The van der Waals surface area contributed by atoms with E-state index in [0.717, 1.165) is 33.8 Å². The number of nitrogens with one attached hydrogen (secondary N) is 2. The van der Waals surface area contributed by atoms with E-state index in [1.807, 2.05) is 19.1 Å². The van der Waals surface area contributed by atoms with Crippen LogP contribution in [0.5, 0.6) is 0 Å². The highest BCUT2D eigenvalue weighted by atomic mass is 16.3. The van der Waals surface area contributed by atoms with Crippen LogP contribution < -0.4 is 10.2 Å². The minimum absolute atomic E-state index is 0.0610. The molecule has 2 N–H and O–H groups in total. The highest BCUT2D eigenvalue weighted by molar-refractivity contribution is 6.08. The van der Waals surface area contributed by atoms with Crippen molar-refractivity contribution in [2.45, 2.75) is 63.8 Å². The van der Waals surface area contributed by atoms with Crippen LogP contribution >= 0.6 is 0 Å². The van der Waals surface area contributed by atoms with Crippen molar-refractivity contribution >= 4 is 27.6 Å². The molecule has 0 radical (unpaired) electrons. The van der Waals surface area contributed by atoms with E-state index in [2.05, 4.69) is 29.6 Å². The van der Waals surface area contributed by atoms with Crippen LogP contribution in [0.3, 0.4) is 0 Å². The van der Waals surface area contributed by atoms with Gasteiger partial charge in [-0.1, -0.05) is 42.8 Å². The number of furan rings is 1. The number of quaternary nitrogens is 1. The van der Waals surface area contributed by atoms with E-state index in [4.69, 9.17) is 4.42 Å². The minimum Gasteiger partial charge on any atom is -0.450 e. The molecule has 1 saturated carbocycles. The summed E-state index contributed by atoms with van der Waals surface area (Å²) in [6.45, 7) is 5.28. The first-order chi connectivity index (χ1) is 14.7. The molecule has 0 atom stereocenters. The number of hydrogen-bond donors (Lipinski definition) is 2. The van der Waals surface area contributed by atoms with Gasteiger partial charge in [-0.3, -0.25) is 4.79 Å². The Hall–Kier alpha value is -2.33. The first kappa shape index (κ1) is 19.6. The van der Waals surface area contributed by atoms with E-state index >= 15 is 0 Å². The third-order valence-electron chi connectivity index (χ3n) is 7.64. The summed E-state index contributed by atoms with van der Waals surface area (Å²) in [6.07, 6.45) is 10.4. The summed E-state index contributed by atoms with van der Waals surface area (Å²) in [5, 5.41) is 6.55. The molecular weight excluding hydrogens is 372 g/mol. The van der Waals surface area contributed by atoms with Crippen molar-refractivity contribution < 1.29 is 14.1 Å². The second-order valence-electron chi connectivity index (χ2n) is 9.41. The fourth-order valence-corrected chi connectivity index (χ4v) is 5.89. The highest BCUT2D eigenvalue weighted by Gasteiger charge is 2.42. The Bertz CT molecular complexity index is 1060. The standard InChI is InChI=1S/C26H32N2O2/c1-19-21-13-12-20-10-4-5-11-22(20)24(21)30-23(19)25(29)27-18-26(14-6-2-7-15-26)28-16-8-3-9-17-28/h4-5,10-13H,2-3,6-9,14-18H2,1H3,(H,27,29)/p+1. The minimum atomic E-state index is -0.0610. The lowest BCUT2D eigenvalue weighted by molar-refractivity contribution is -0.957. The molecule has 1 saturated heterocycles. The number of benzene rings is 2. The molecule has 30 heavy (non-hydrogen) atoms. The largest absolute Gasteiger partial charge is 0.450 e. The SMILES string of the molecule is Cc1c(C(=O)NCC2([NH+]3CCCCC3)CCCCC2)oc2c1ccc1ccccc12. The van der Waals surface area contributed by atoms with Gasteiger partial charge >= 0.3 is 0 Å². The fourth-order valence-electron chi connectivity index (χ4n) is 5.89. The summed E-state index contributed by atoms with van der Waals surface area (Å²) in [6, 6.07) is 12.4. The van der Waals surface area contributed by atoms with Crippen molar-refractivity contribution in [3.63, 3.8) is 0 Å². The third kappa shape index (κ3) is 3.41. The lowest BCUT2D eigenvalue weighted by Gasteiger charge is -2.45. The van der Waals surface area contributed by atoms with Gasteiger partial charge in [-0.05, 0) is 44.4 Å². The number of aryl methyl sites for hydroxylation is 1. The zero-order chi connectivity index (χ0) is 20.6. The third-order valence-corrected chi connectivity index (χ3v) is 7.64. The molecule has 4 nitrogen and oxygen atoms in total. The predicted molar refractivity (Wildman–Crippen MR) is 121 cm³/mol. The number of carbonyl (C=O) groups excluding carboxylic acids is 1. The Labute approximate surface area is 178 Å². The first-order valence-electron chi connectivity index (χ1n) is 11.7. The van der Waals surface area contributed by atoms with Gasteiger partial charge in [-0.15, -0.1) is 0 Å². The van der Waals surface area contributed by atoms with Gasteiger partial charge in [0.1, 0.15) is 11.1 Å². The smallest absolute Gasteiger partial charge is 0.287 e. The van der Waals surface area contributed by atoms with Crippen LogP contribution in [-0.4, -0.2) is 31.1 Å². The average molecular weight is 406 g/mol. The Morgan fingerprint density at radius 1 is 0.967 bits per heavy atom. The second-order valence-corrected chi connectivity index (χ2v) is 9.41. The molecule has 0 unspecified atom stereocenters. The van der Waals surface area contributed by atoms with Crippen molar-refractivity contribution in [1.82, 2.24) is 5.32 Å². The molecule has 1 aromatic heterocycles. The van der Waals surface area contributed by atoms with Gasteiger partial charge in [0, 0.05) is 29.2 Å². The van der Waals surface area contributed by atoms with Crippen LogP contribution in [0.2, 0.25) is 0 Å². The Morgan fingerprint density at radius 3 is 2.50 bits per heavy atom. The molecule has 5 rings (SSSR count). The van der Waals surface area contributed by atoms with Crippen LogP contribution in [0.25, 0.3) is 21.7 Å². The van der Waals surface area contributed by atoms with Gasteiger partial charge in [-0.25, -0.2) is 0 Å². The Balaban J connectivity index is 1.41. The number of likely N-dealkylation sites (tertiary alicyclic amines) is 1. The molecule has 158 valence electrons. The topological polar surface area (TPSA) is 46.7 Å². The van der Waals surface area contributed by atoms with E-state index in [0.29, 0.717) is 5.76 Å². The lowest BCUT2D eigenvalue weighted by Crippen LogP contribution is -3.22. The molecule has 2 heterocycles. The van der Waals surface area contributed by atoms with Crippen LogP contribution in [0.1, 0.15) is 67.5 Å². The maximum atomic E-state index is 13.2. The summed E-state index contributed by atoms with van der Waals surface area (Å²) in [4.78, 5) is 14.9. The Morgan fingerprint density at radius 2 is 1.70 bits per heavy atom. The number of piperidine rings is 1. The summed E-state index contributed by atoms with van der Waals surface area (Å²) in [5.41, 5.74) is 1.97. The summed E-state index contributed by atoms with van der Waals surface area (Å²) in [5.74, 6) is 0.412. The van der Waals surface area contributed by atoms with Gasteiger partial charge in [0.15, 0.2) is 5.76 Å². The van der Waals surface area contributed by atoms with Gasteiger partial charge < -0.3 is 14.6 Å². The van der Waals surface area contributed by atoms with Gasteiger partial charge in [0.2, 0.25) is 0 Å². The van der Waals surface area contributed by atoms with Crippen molar-refractivity contribution in [1.29, 1.82) is 0 Å². The van der Waals surface area contributed by atoms with E-state index in [-0.39, 0.29) is 11.4 Å². The van der Waals surface area contributed by atoms with Gasteiger partial charge in [0.25, 0.3) is 5.91 Å². The number of carbonyl (C=O) groups is 1. The molecule has 2 aliphatic rings. The molecule has 2 aromatic carbocycles. The fraction of sp³-hybridized carbons (Fsp3) is 0.500. The lowest BCUT2D eigenvalue weighted by atomic mass is 9.79. The van der Waals surface area contributed by atoms with Crippen molar-refractivity contribution in [2.24, 2.45) is 0 Å². The number of amides is 1. The molecule has 1 aliphatic carbocycles. The molecule has 0 spiro atoms. The maximum Gasteiger partial charge on any atom is 0.287 e. The summed E-state index contributed by atoms with van der Waals surface area (Å²) < 4.78 is 6.17. The van der Waals surface area contributed by atoms with Gasteiger partial charge in [0.05, 0.1) is 19.6 Å². The second kappa shape index (κ2) is 8.07. The Kier molecular flexibility index (Phi) is 5.28. The van der Waals surface area contributed by atoms with E-state index in [1.165, 1.54) is 64.5 Å². The van der Waals surface area contributed by atoms with Crippen LogP contribution in [-0.2, 0) is 0 Å². The number of fused-ring (bicyclic) bond motifs is 3. The quantitative estimate of drug-likeness (QED) is 0.676. The number of hydrogen-bond acceptors (Lipinski definition) is 2. The van der Waals surface area contributed by atoms with E-state index < -0.39 is 0 Å². The van der Waals surface area contributed by atoms with Crippen molar-refractivity contribution in [3.05, 3.63) is 47.7 Å². The average Bonchev–Trinajstić information content (AvgIpc) is 3.16. The molecule has 2 fully saturated rings. The normalized spacial score (nSPS) is 19.9.